The number of para-hydroxylation sites is 1. The van der Waals surface area contributed by atoms with Gasteiger partial charge in [0.25, 0.3) is 5.56 Å². The van der Waals surface area contributed by atoms with Crippen molar-refractivity contribution in [2.75, 3.05) is 5.43 Å². The number of hydrogen-bond acceptors (Lipinski definition) is 4. The highest BCUT2D eigenvalue weighted by atomic mass is 16.2. The monoisotopic (exact) mass is 332 g/mol. The van der Waals surface area contributed by atoms with Crippen molar-refractivity contribution in [3.05, 3.63) is 75.8 Å². The molecule has 124 valence electrons. The SMILES string of the molecule is CCc1nc2c(C#N)cccc2c(=O)n1NC(=O)Cc1ccccc1. The Hall–Kier alpha value is -3.46. The highest BCUT2D eigenvalue weighted by molar-refractivity contribution is 5.87. The van der Waals surface area contributed by atoms with E-state index in [1.165, 1.54) is 4.68 Å². The molecule has 1 aromatic heterocycles. The molecule has 0 fully saturated rings. The molecule has 1 heterocycles. The van der Waals surface area contributed by atoms with E-state index in [1.54, 1.807) is 18.2 Å². The van der Waals surface area contributed by atoms with Crippen molar-refractivity contribution in [1.82, 2.24) is 9.66 Å². The van der Waals surface area contributed by atoms with Gasteiger partial charge in [0.05, 0.1) is 22.9 Å². The minimum Gasteiger partial charge on any atom is -0.273 e. The Morgan fingerprint density at radius 3 is 2.64 bits per heavy atom. The van der Waals surface area contributed by atoms with Gasteiger partial charge in [-0.05, 0) is 17.7 Å². The molecule has 6 nitrogen and oxygen atoms in total. The first-order valence-corrected chi connectivity index (χ1v) is 7.92. The fourth-order valence-electron chi connectivity index (χ4n) is 2.64. The van der Waals surface area contributed by atoms with Gasteiger partial charge in [0, 0.05) is 6.42 Å². The highest BCUT2D eigenvalue weighted by Gasteiger charge is 2.14. The maximum absolute atomic E-state index is 12.8. The molecule has 0 aliphatic rings. The van der Waals surface area contributed by atoms with Crippen LogP contribution in [-0.2, 0) is 17.6 Å². The highest BCUT2D eigenvalue weighted by Crippen LogP contribution is 2.13. The number of rotatable bonds is 4. The van der Waals surface area contributed by atoms with Crippen LogP contribution in [0.25, 0.3) is 10.9 Å². The Balaban J connectivity index is 2.01. The van der Waals surface area contributed by atoms with Gasteiger partial charge in [-0.1, -0.05) is 43.3 Å². The molecule has 0 bridgehead atoms. The molecule has 25 heavy (non-hydrogen) atoms. The quantitative estimate of drug-likeness (QED) is 0.793. The number of carbonyl (C=O) groups excluding carboxylic acids is 1. The van der Waals surface area contributed by atoms with Crippen molar-refractivity contribution in [3.63, 3.8) is 0 Å². The lowest BCUT2D eigenvalue weighted by atomic mass is 10.1. The minimum absolute atomic E-state index is 0.159. The summed E-state index contributed by atoms with van der Waals surface area (Å²) in [4.78, 5) is 29.5. The second kappa shape index (κ2) is 6.97. The Bertz CT molecular complexity index is 1030. The average molecular weight is 332 g/mol. The third-order valence-corrected chi connectivity index (χ3v) is 3.85. The summed E-state index contributed by atoms with van der Waals surface area (Å²) in [5.74, 6) is 0.0993. The van der Waals surface area contributed by atoms with Gasteiger partial charge in [0.1, 0.15) is 11.9 Å². The molecule has 0 unspecified atom stereocenters. The molecule has 6 heteroatoms. The number of carbonyl (C=O) groups is 1. The van der Waals surface area contributed by atoms with Crippen LogP contribution in [-0.4, -0.2) is 15.6 Å². The summed E-state index contributed by atoms with van der Waals surface area (Å²) < 4.78 is 1.18. The molecule has 1 amide bonds. The van der Waals surface area contributed by atoms with E-state index in [0.29, 0.717) is 28.7 Å². The van der Waals surface area contributed by atoms with Gasteiger partial charge in [0.15, 0.2) is 0 Å². The average Bonchev–Trinajstić information content (AvgIpc) is 2.64. The standard InChI is InChI=1S/C19H16N4O2/c1-2-16-21-18-14(12-20)9-6-10-15(18)19(25)23(16)22-17(24)11-13-7-4-3-5-8-13/h3-10H,2,11H2,1H3,(H,22,24). The smallest absolute Gasteiger partial charge is 0.273 e. The number of aromatic nitrogens is 2. The van der Waals surface area contributed by atoms with Crippen LogP contribution in [0, 0.1) is 11.3 Å². The van der Waals surface area contributed by atoms with Gasteiger partial charge >= 0.3 is 0 Å². The van der Waals surface area contributed by atoms with Crippen molar-refractivity contribution in [1.29, 1.82) is 5.26 Å². The zero-order chi connectivity index (χ0) is 17.8. The number of nitrogens with zero attached hydrogens (tertiary/aromatic N) is 3. The van der Waals surface area contributed by atoms with E-state index < -0.39 is 0 Å². The summed E-state index contributed by atoms with van der Waals surface area (Å²) in [5.41, 5.74) is 3.79. The predicted octanol–water partition coefficient (Wildman–Crippen LogP) is 2.14. The molecule has 0 aliphatic heterocycles. The van der Waals surface area contributed by atoms with Crippen molar-refractivity contribution in [3.8, 4) is 6.07 Å². The first-order chi connectivity index (χ1) is 12.1. The molecule has 0 saturated carbocycles. The van der Waals surface area contributed by atoms with E-state index in [2.05, 4.69) is 10.4 Å². The second-order valence-electron chi connectivity index (χ2n) is 5.53. The van der Waals surface area contributed by atoms with Gasteiger partial charge < -0.3 is 0 Å². The molecule has 3 rings (SSSR count). The van der Waals surface area contributed by atoms with Gasteiger partial charge in [-0.25, -0.2) is 9.66 Å². The third kappa shape index (κ3) is 3.26. The van der Waals surface area contributed by atoms with E-state index in [4.69, 9.17) is 0 Å². The Kier molecular flexibility index (Phi) is 4.57. The van der Waals surface area contributed by atoms with Crippen LogP contribution in [0.2, 0.25) is 0 Å². The fraction of sp³-hybridized carbons (Fsp3) is 0.158. The minimum atomic E-state index is -0.389. The number of amides is 1. The zero-order valence-corrected chi connectivity index (χ0v) is 13.7. The first-order valence-electron chi connectivity index (χ1n) is 7.92. The number of hydrogen-bond donors (Lipinski definition) is 1. The van der Waals surface area contributed by atoms with Crippen molar-refractivity contribution < 1.29 is 4.79 Å². The lowest BCUT2D eigenvalue weighted by Crippen LogP contribution is -2.37. The van der Waals surface area contributed by atoms with Crippen LogP contribution >= 0.6 is 0 Å². The summed E-state index contributed by atoms with van der Waals surface area (Å²) in [6, 6.07) is 16.2. The van der Waals surface area contributed by atoms with E-state index in [0.717, 1.165) is 5.56 Å². The van der Waals surface area contributed by atoms with Gasteiger partial charge in [0.2, 0.25) is 5.91 Å². The number of fused-ring (bicyclic) bond motifs is 1. The Labute approximate surface area is 144 Å². The third-order valence-electron chi connectivity index (χ3n) is 3.85. The largest absolute Gasteiger partial charge is 0.280 e. The molecular weight excluding hydrogens is 316 g/mol. The molecule has 1 N–H and O–H groups in total. The second-order valence-corrected chi connectivity index (χ2v) is 5.53. The van der Waals surface area contributed by atoms with E-state index in [-0.39, 0.29) is 17.9 Å². The summed E-state index contributed by atoms with van der Waals surface area (Å²) in [6.07, 6.45) is 0.600. The molecule has 3 aromatic rings. The van der Waals surface area contributed by atoms with Crippen LogP contribution in [0.5, 0.6) is 0 Å². The topological polar surface area (TPSA) is 87.8 Å². The fourth-order valence-corrected chi connectivity index (χ4v) is 2.64. The predicted molar refractivity (Wildman–Crippen MR) is 94.6 cm³/mol. The molecule has 0 aliphatic carbocycles. The number of nitriles is 1. The van der Waals surface area contributed by atoms with Crippen molar-refractivity contribution >= 4 is 16.8 Å². The maximum atomic E-state index is 12.8. The molecule has 0 atom stereocenters. The Morgan fingerprint density at radius 1 is 1.20 bits per heavy atom. The molecular formula is C19H16N4O2. The molecule has 2 aromatic carbocycles. The van der Waals surface area contributed by atoms with E-state index in [9.17, 15) is 14.9 Å². The Morgan fingerprint density at radius 2 is 1.96 bits per heavy atom. The van der Waals surface area contributed by atoms with Crippen molar-refractivity contribution in [2.24, 2.45) is 0 Å². The van der Waals surface area contributed by atoms with E-state index >= 15 is 0 Å². The van der Waals surface area contributed by atoms with Gasteiger partial charge in [-0.2, -0.15) is 5.26 Å². The van der Waals surface area contributed by atoms with Crippen molar-refractivity contribution in [2.45, 2.75) is 19.8 Å². The normalized spacial score (nSPS) is 10.4. The van der Waals surface area contributed by atoms with E-state index in [1.807, 2.05) is 43.3 Å². The van der Waals surface area contributed by atoms with Crippen LogP contribution in [0.3, 0.4) is 0 Å². The lowest BCUT2D eigenvalue weighted by Gasteiger charge is -2.14. The first kappa shape index (κ1) is 16.4. The molecule has 0 saturated heterocycles. The summed E-state index contributed by atoms with van der Waals surface area (Å²) in [6.45, 7) is 1.84. The summed E-state index contributed by atoms with van der Waals surface area (Å²) in [5, 5.41) is 9.50. The summed E-state index contributed by atoms with van der Waals surface area (Å²) in [7, 11) is 0. The van der Waals surface area contributed by atoms with Crippen LogP contribution in [0.1, 0.15) is 23.9 Å². The molecule has 0 spiro atoms. The summed E-state index contributed by atoms with van der Waals surface area (Å²) >= 11 is 0. The van der Waals surface area contributed by atoms with Crippen LogP contribution in [0.4, 0.5) is 0 Å². The maximum Gasteiger partial charge on any atom is 0.280 e. The number of benzene rings is 2. The number of nitrogens with one attached hydrogen (secondary N) is 1. The number of aryl methyl sites for hydroxylation is 1. The van der Waals surface area contributed by atoms with Gasteiger partial charge in [-0.3, -0.25) is 15.0 Å². The van der Waals surface area contributed by atoms with Crippen LogP contribution in [0.15, 0.2) is 53.3 Å². The zero-order valence-electron chi connectivity index (χ0n) is 13.7. The van der Waals surface area contributed by atoms with Crippen LogP contribution < -0.4 is 11.0 Å². The van der Waals surface area contributed by atoms with Gasteiger partial charge in [-0.15, -0.1) is 0 Å². The molecule has 0 radical (unpaired) electrons. The lowest BCUT2D eigenvalue weighted by molar-refractivity contribution is -0.116.